The van der Waals surface area contributed by atoms with Crippen LogP contribution in [0.4, 0.5) is 0 Å². The Morgan fingerprint density at radius 2 is 1.85 bits per heavy atom. The van der Waals surface area contributed by atoms with Gasteiger partial charge < -0.3 is 5.73 Å². The molecule has 0 unspecified atom stereocenters. The molecule has 2 N–H and O–H groups in total. The normalized spacial score (nSPS) is 9.38. The van der Waals surface area contributed by atoms with Gasteiger partial charge in [-0.2, -0.15) is 0 Å². The van der Waals surface area contributed by atoms with Gasteiger partial charge in [-0.05, 0) is 37.8 Å². The van der Waals surface area contributed by atoms with Crippen molar-refractivity contribution in [2.24, 2.45) is 5.73 Å². The Balaban J connectivity index is 0.00000144. The summed E-state index contributed by atoms with van der Waals surface area (Å²) in [4.78, 5) is 1.34. The molecule has 0 fully saturated rings. The highest BCUT2D eigenvalue weighted by molar-refractivity contribution is 7.99. The minimum atomic E-state index is 0. The Hall–Kier alpha value is -0.180. The minimum absolute atomic E-state index is 0. The van der Waals surface area contributed by atoms with E-state index in [0.717, 1.165) is 18.7 Å². The molecule has 0 saturated carbocycles. The Bertz CT molecular complexity index is 223. The number of aryl methyl sites for hydroxylation is 1. The van der Waals surface area contributed by atoms with Gasteiger partial charge in [-0.1, -0.05) is 17.7 Å². The first kappa shape index (κ1) is 12.8. The van der Waals surface area contributed by atoms with Gasteiger partial charge in [-0.25, -0.2) is 0 Å². The van der Waals surface area contributed by atoms with E-state index in [1.807, 2.05) is 11.8 Å². The molecule has 1 nitrogen and oxygen atoms in total. The number of benzene rings is 1. The molecule has 0 radical (unpaired) electrons. The SMILES string of the molecule is Cc1ccc(SCCCN)cc1.Cl. The molecular weight excluding hydrogens is 202 g/mol. The molecule has 13 heavy (non-hydrogen) atoms. The first-order valence-electron chi connectivity index (χ1n) is 4.22. The first-order chi connectivity index (χ1) is 5.83. The zero-order valence-electron chi connectivity index (χ0n) is 7.82. The maximum Gasteiger partial charge on any atom is 0.00721 e. The lowest BCUT2D eigenvalue weighted by Gasteiger charge is -2.00. The summed E-state index contributed by atoms with van der Waals surface area (Å²) in [5.41, 5.74) is 6.72. The van der Waals surface area contributed by atoms with Gasteiger partial charge in [0, 0.05) is 4.90 Å². The highest BCUT2D eigenvalue weighted by Crippen LogP contribution is 2.18. The fourth-order valence-electron chi connectivity index (χ4n) is 0.908. The zero-order valence-corrected chi connectivity index (χ0v) is 9.46. The van der Waals surface area contributed by atoms with Crippen LogP contribution in [0, 0.1) is 6.92 Å². The summed E-state index contributed by atoms with van der Waals surface area (Å²) in [6.07, 6.45) is 1.10. The van der Waals surface area contributed by atoms with Gasteiger partial charge in [-0.3, -0.25) is 0 Å². The second-order valence-electron chi connectivity index (χ2n) is 2.80. The van der Waals surface area contributed by atoms with Crippen LogP contribution in [0.2, 0.25) is 0 Å². The summed E-state index contributed by atoms with van der Waals surface area (Å²) < 4.78 is 0. The Labute approximate surface area is 90.5 Å². The Morgan fingerprint density at radius 1 is 1.23 bits per heavy atom. The van der Waals surface area contributed by atoms with Crippen LogP contribution in [-0.4, -0.2) is 12.3 Å². The van der Waals surface area contributed by atoms with Crippen molar-refractivity contribution in [3.63, 3.8) is 0 Å². The molecule has 0 saturated heterocycles. The fraction of sp³-hybridized carbons (Fsp3) is 0.400. The lowest BCUT2D eigenvalue weighted by Crippen LogP contribution is -1.99. The first-order valence-corrected chi connectivity index (χ1v) is 5.21. The molecule has 0 spiro atoms. The molecule has 0 aliphatic rings. The molecule has 0 aromatic heterocycles. The smallest absolute Gasteiger partial charge is 0.00721 e. The van der Waals surface area contributed by atoms with Crippen LogP contribution in [0.1, 0.15) is 12.0 Å². The minimum Gasteiger partial charge on any atom is -0.330 e. The van der Waals surface area contributed by atoms with E-state index in [0.29, 0.717) is 0 Å². The molecule has 1 rings (SSSR count). The molecule has 3 heteroatoms. The predicted octanol–water partition coefficient (Wildman–Crippen LogP) is 2.86. The quantitative estimate of drug-likeness (QED) is 0.620. The van der Waals surface area contributed by atoms with Crippen LogP contribution in [0.25, 0.3) is 0 Å². The average Bonchev–Trinajstić information content (AvgIpc) is 2.09. The molecular formula is C10H16ClNS. The number of halogens is 1. The van der Waals surface area contributed by atoms with E-state index in [1.54, 1.807) is 0 Å². The lowest BCUT2D eigenvalue weighted by atomic mass is 10.2. The van der Waals surface area contributed by atoms with Crippen molar-refractivity contribution in [2.45, 2.75) is 18.2 Å². The van der Waals surface area contributed by atoms with E-state index in [1.165, 1.54) is 10.5 Å². The second-order valence-corrected chi connectivity index (χ2v) is 3.97. The molecule has 1 aromatic carbocycles. The summed E-state index contributed by atoms with van der Waals surface area (Å²) in [5.74, 6) is 1.12. The average molecular weight is 218 g/mol. The van der Waals surface area contributed by atoms with Crippen LogP contribution in [0.15, 0.2) is 29.2 Å². The maximum absolute atomic E-state index is 5.40. The molecule has 0 aliphatic heterocycles. The third-order valence-corrected chi connectivity index (χ3v) is 2.74. The molecule has 0 aliphatic carbocycles. The van der Waals surface area contributed by atoms with Gasteiger partial charge >= 0.3 is 0 Å². The number of nitrogens with two attached hydrogens (primary N) is 1. The molecule has 0 heterocycles. The van der Waals surface area contributed by atoms with E-state index in [-0.39, 0.29) is 12.4 Å². The molecule has 0 amide bonds. The van der Waals surface area contributed by atoms with Gasteiger partial charge in [0.2, 0.25) is 0 Å². The molecule has 0 bridgehead atoms. The summed E-state index contributed by atoms with van der Waals surface area (Å²) in [6.45, 7) is 2.90. The standard InChI is InChI=1S/C10H15NS.ClH/c1-9-3-5-10(6-4-9)12-8-2-7-11;/h3-6H,2,7-8,11H2,1H3;1H. The highest BCUT2D eigenvalue weighted by atomic mass is 35.5. The highest BCUT2D eigenvalue weighted by Gasteiger charge is 1.91. The number of thioether (sulfide) groups is 1. The second kappa shape index (κ2) is 7.25. The lowest BCUT2D eigenvalue weighted by molar-refractivity contribution is 0.943. The van der Waals surface area contributed by atoms with Crippen LogP contribution in [-0.2, 0) is 0 Å². The Morgan fingerprint density at radius 3 is 2.38 bits per heavy atom. The van der Waals surface area contributed by atoms with E-state index in [9.17, 15) is 0 Å². The fourth-order valence-corrected chi connectivity index (χ4v) is 1.78. The number of rotatable bonds is 4. The van der Waals surface area contributed by atoms with Gasteiger partial charge in [-0.15, -0.1) is 24.2 Å². The summed E-state index contributed by atoms with van der Waals surface area (Å²) in [7, 11) is 0. The van der Waals surface area contributed by atoms with Crippen molar-refractivity contribution in [1.82, 2.24) is 0 Å². The van der Waals surface area contributed by atoms with Crippen molar-refractivity contribution in [2.75, 3.05) is 12.3 Å². The number of hydrogen-bond donors (Lipinski definition) is 1. The van der Waals surface area contributed by atoms with Crippen LogP contribution in [0.5, 0.6) is 0 Å². The van der Waals surface area contributed by atoms with Gasteiger partial charge in [0.25, 0.3) is 0 Å². The van der Waals surface area contributed by atoms with E-state index in [2.05, 4.69) is 31.2 Å². The predicted molar refractivity (Wildman–Crippen MR) is 62.8 cm³/mol. The van der Waals surface area contributed by atoms with Crippen LogP contribution < -0.4 is 5.73 Å². The van der Waals surface area contributed by atoms with E-state index < -0.39 is 0 Å². The summed E-state index contributed by atoms with van der Waals surface area (Å²) >= 11 is 1.87. The number of hydrogen-bond acceptors (Lipinski definition) is 2. The van der Waals surface area contributed by atoms with Crippen molar-refractivity contribution < 1.29 is 0 Å². The molecule has 74 valence electrons. The molecule has 0 atom stereocenters. The third kappa shape index (κ3) is 5.19. The van der Waals surface area contributed by atoms with Crippen LogP contribution in [0.3, 0.4) is 0 Å². The Kier molecular flexibility index (Phi) is 7.14. The van der Waals surface area contributed by atoms with Gasteiger partial charge in [0.1, 0.15) is 0 Å². The van der Waals surface area contributed by atoms with Crippen molar-refractivity contribution >= 4 is 24.2 Å². The van der Waals surface area contributed by atoms with E-state index in [4.69, 9.17) is 5.73 Å². The van der Waals surface area contributed by atoms with E-state index >= 15 is 0 Å². The van der Waals surface area contributed by atoms with Crippen molar-refractivity contribution in [3.8, 4) is 0 Å². The largest absolute Gasteiger partial charge is 0.330 e. The van der Waals surface area contributed by atoms with Gasteiger partial charge in [0.15, 0.2) is 0 Å². The maximum atomic E-state index is 5.40. The van der Waals surface area contributed by atoms with Crippen LogP contribution >= 0.6 is 24.2 Å². The van der Waals surface area contributed by atoms with Crippen molar-refractivity contribution in [1.29, 1.82) is 0 Å². The third-order valence-electron chi connectivity index (χ3n) is 1.64. The molecule has 1 aromatic rings. The summed E-state index contributed by atoms with van der Waals surface area (Å²) in [6, 6.07) is 8.61. The zero-order chi connectivity index (χ0) is 8.81. The van der Waals surface area contributed by atoms with Gasteiger partial charge in [0.05, 0.1) is 0 Å². The summed E-state index contributed by atoms with van der Waals surface area (Å²) in [5, 5.41) is 0. The monoisotopic (exact) mass is 217 g/mol. The topological polar surface area (TPSA) is 26.0 Å². The van der Waals surface area contributed by atoms with Crippen molar-refractivity contribution in [3.05, 3.63) is 29.8 Å².